The lowest BCUT2D eigenvalue weighted by molar-refractivity contribution is 0.0615. The Morgan fingerprint density at radius 2 is 1.91 bits per heavy atom. The number of hydrogen-bond acceptors (Lipinski definition) is 3. The molecule has 5 rings (SSSR count). The second-order valence-electron chi connectivity index (χ2n) is 11.9. The fraction of sp³-hybridized carbons (Fsp3) is 0.625. The highest BCUT2D eigenvalue weighted by Crippen LogP contribution is 2.47. The van der Waals surface area contributed by atoms with Gasteiger partial charge in [-0.1, -0.05) is 56.7 Å². The first-order chi connectivity index (χ1) is 17.0. The molecule has 3 heteroatoms. The summed E-state index contributed by atoms with van der Waals surface area (Å²) in [5.74, 6) is 0.816. The number of nitrogens with one attached hydrogen (secondary N) is 1. The van der Waals surface area contributed by atoms with Crippen LogP contribution in [0.25, 0.3) is 5.70 Å². The first kappa shape index (κ1) is 24.7. The van der Waals surface area contributed by atoms with Crippen molar-refractivity contribution in [3.05, 3.63) is 66.4 Å². The molecule has 1 saturated heterocycles. The molecule has 2 heterocycles. The third-order valence-electron chi connectivity index (χ3n) is 10.0. The van der Waals surface area contributed by atoms with E-state index in [0.717, 1.165) is 48.2 Å². The van der Waals surface area contributed by atoms with E-state index in [1.54, 1.807) is 0 Å². The first-order valence-corrected chi connectivity index (χ1v) is 14.3. The average Bonchev–Trinajstić information content (AvgIpc) is 3.60. The summed E-state index contributed by atoms with van der Waals surface area (Å²) in [5.41, 5.74) is 7.22. The lowest BCUT2D eigenvalue weighted by atomic mass is 9.76. The highest BCUT2D eigenvalue weighted by Gasteiger charge is 2.41. The molecule has 1 aromatic carbocycles. The Hall–Kier alpha value is -2.00. The van der Waals surface area contributed by atoms with Crippen molar-refractivity contribution < 1.29 is 0 Å². The van der Waals surface area contributed by atoms with E-state index in [1.807, 2.05) is 13.1 Å². The fourth-order valence-electron chi connectivity index (χ4n) is 7.87. The van der Waals surface area contributed by atoms with Crippen molar-refractivity contribution in [3.63, 3.8) is 0 Å². The highest BCUT2D eigenvalue weighted by atomic mass is 15.2. The number of rotatable bonds is 9. The zero-order valence-corrected chi connectivity index (χ0v) is 22.2. The number of likely N-dealkylation sites (N-methyl/N-ethyl adjacent to an activating group) is 1. The fourth-order valence-corrected chi connectivity index (χ4v) is 7.87. The summed E-state index contributed by atoms with van der Waals surface area (Å²) >= 11 is 0. The van der Waals surface area contributed by atoms with E-state index >= 15 is 0 Å². The Labute approximate surface area is 214 Å². The molecule has 4 aliphatic rings. The minimum Gasteiger partial charge on any atom is -0.390 e. The molecule has 1 spiro atoms. The number of allylic oxidation sites excluding steroid dienone is 1. The standard InChI is InChI=1S/C32H47N3/c1-5-6-11-30(24(2)33-4)35-23-28-22-26(13-14-29(28)25(35)3)21-27-10-9-12-31(27)34-19-17-32(18-20-34)15-7-8-16-32/h5,13-14,22,27,30-31,33H,1-3,6-12,15-21,23H2,4H3. The summed E-state index contributed by atoms with van der Waals surface area (Å²) in [6.07, 6.45) is 18.3. The van der Waals surface area contributed by atoms with E-state index in [9.17, 15) is 0 Å². The summed E-state index contributed by atoms with van der Waals surface area (Å²) < 4.78 is 0. The van der Waals surface area contributed by atoms with Crippen molar-refractivity contribution in [2.24, 2.45) is 11.3 Å². The predicted octanol–water partition coefficient (Wildman–Crippen LogP) is 6.91. The van der Waals surface area contributed by atoms with Gasteiger partial charge >= 0.3 is 0 Å². The molecule has 0 aromatic heterocycles. The Kier molecular flexibility index (Phi) is 7.44. The normalized spacial score (nSPS) is 26.8. The predicted molar refractivity (Wildman–Crippen MR) is 149 cm³/mol. The molecular weight excluding hydrogens is 426 g/mol. The monoisotopic (exact) mass is 473 g/mol. The van der Waals surface area contributed by atoms with E-state index in [4.69, 9.17) is 0 Å². The van der Waals surface area contributed by atoms with Gasteiger partial charge in [-0.25, -0.2) is 0 Å². The minimum absolute atomic E-state index is 0.253. The van der Waals surface area contributed by atoms with Crippen LogP contribution >= 0.6 is 0 Å². The summed E-state index contributed by atoms with van der Waals surface area (Å²) in [6.45, 7) is 16.3. The van der Waals surface area contributed by atoms with Crippen LogP contribution in [0.2, 0.25) is 0 Å². The average molecular weight is 474 g/mol. The maximum atomic E-state index is 4.48. The van der Waals surface area contributed by atoms with Crippen molar-refractivity contribution >= 4 is 5.70 Å². The van der Waals surface area contributed by atoms with Crippen LogP contribution in [0.5, 0.6) is 0 Å². The Balaban J connectivity index is 1.24. The third kappa shape index (κ3) is 4.99. The summed E-state index contributed by atoms with van der Waals surface area (Å²) in [6, 6.07) is 8.28. The molecule has 35 heavy (non-hydrogen) atoms. The van der Waals surface area contributed by atoms with Crippen LogP contribution in [0.15, 0.2) is 49.7 Å². The van der Waals surface area contributed by atoms with Gasteiger partial charge in [0.25, 0.3) is 0 Å². The first-order valence-electron chi connectivity index (χ1n) is 14.3. The summed E-state index contributed by atoms with van der Waals surface area (Å²) in [4.78, 5) is 5.34. The molecule has 0 bridgehead atoms. The van der Waals surface area contributed by atoms with Gasteiger partial charge in [-0.2, -0.15) is 0 Å². The molecule has 2 saturated carbocycles. The Morgan fingerprint density at radius 1 is 1.14 bits per heavy atom. The summed E-state index contributed by atoms with van der Waals surface area (Å²) in [5, 5.41) is 3.29. The van der Waals surface area contributed by atoms with Gasteiger partial charge in [0, 0.05) is 36.6 Å². The number of hydrogen-bond donors (Lipinski definition) is 1. The molecule has 3 atom stereocenters. The van der Waals surface area contributed by atoms with Crippen LogP contribution in [0, 0.1) is 11.3 Å². The van der Waals surface area contributed by atoms with Crippen molar-refractivity contribution in [2.45, 2.75) is 95.7 Å². The Bertz CT molecular complexity index is 930. The molecule has 1 aromatic rings. The zero-order chi connectivity index (χ0) is 24.4. The van der Waals surface area contributed by atoms with E-state index < -0.39 is 0 Å². The van der Waals surface area contributed by atoms with Gasteiger partial charge in [0.2, 0.25) is 0 Å². The SMILES string of the molecule is C=CCCC(C(=C)NC)N1Cc2cc(CC3CCCC3N3CCC4(CCCC4)CC3)ccc2C1=C. The molecule has 2 aliphatic heterocycles. The lowest BCUT2D eigenvalue weighted by Gasteiger charge is -2.43. The molecule has 0 amide bonds. The number of benzene rings is 1. The number of likely N-dealkylation sites (tertiary alicyclic amines) is 1. The van der Waals surface area contributed by atoms with Gasteiger partial charge in [0.15, 0.2) is 0 Å². The van der Waals surface area contributed by atoms with Gasteiger partial charge in [0.1, 0.15) is 0 Å². The number of fused-ring (bicyclic) bond motifs is 1. The minimum atomic E-state index is 0.253. The van der Waals surface area contributed by atoms with Gasteiger partial charge in [-0.3, -0.25) is 0 Å². The number of nitrogens with zero attached hydrogens (tertiary/aromatic N) is 2. The lowest BCUT2D eigenvalue weighted by Crippen LogP contribution is -2.46. The Morgan fingerprint density at radius 3 is 2.63 bits per heavy atom. The van der Waals surface area contributed by atoms with Gasteiger partial charge in [-0.05, 0) is 93.3 Å². The molecule has 2 aliphatic carbocycles. The summed E-state index contributed by atoms with van der Waals surface area (Å²) in [7, 11) is 1.97. The van der Waals surface area contributed by atoms with Crippen molar-refractivity contribution in [1.82, 2.24) is 15.1 Å². The van der Waals surface area contributed by atoms with E-state index in [-0.39, 0.29) is 6.04 Å². The zero-order valence-electron chi connectivity index (χ0n) is 22.2. The quantitative estimate of drug-likeness (QED) is 0.393. The van der Waals surface area contributed by atoms with E-state index in [1.165, 1.54) is 94.0 Å². The molecule has 3 nitrogen and oxygen atoms in total. The second kappa shape index (κ2) is 10.5. The topological polar surface area (TPSA) is 18.5 Å². The molecule has 3 unspecified atom stereocenters. The molecule has 0 radical (unpaired) electrons. The van der Waals surface area contributed by atoms with Crippen LogP contribution in [-0.4, -0.2) is 42.0 Å². The molecule has 3 fully saturated rings. The second-order valence-corrected chi connectivity index (χ2v) is 11.9. The van der Waals surface area contributed by atoms with E-state index in [0.29, 0.717) is 0 Å². The van der Waals surface area contributed by atoms with Crippen molar-refractivity contribution in [3.8, 4) is 0 Å². The van der Waals surface area contributed by atoms with Gasteiger partial charge in [0.05, 0.1) is 6.04 Å². The molecule has 190 valence electrons. The van der Waals surface area contributed by atoms with Crippen LogP contribution in [0.4, 0.5) is 0 Å². The van der Waals surface area contributed by atoms with Crippen LogP contribution in [0.1, 0.15) is 87.3 Å². The maximum absolute atomic E-state index is 4.48. The van der Waals surface area contributed by atoms with Crippen molar-refractivity contribution in [2.75, 3.05) is 20.1 Å². The van der Waals surface area contributed by atoms with Gasteiger partial charge in [-0.15, -0.1) is 6.58 Å². The smallest absolute Gasteiger partial charge is 0.0688 e. The van der Waals surface area contributed by atoms with E-state index in [2.05, 4.69) is 53.1 Å². The maximum Gasteiger partial charge on any atom is 0.0688 e. The third-order valence-corrected chi connectivity index (χ3v) is 10.0. The molecular formula is C32H47N3. The largest absolute Gasteiger partial charge is 0.390 e. The van der Waals surface area contributed by atoms with Crippen LogP contribution in [0.3, 0.4) is 0 Å². The number of piperidine rings is 1. The van der Waals surface area contributed by atoms with Crippen LogP contribution in [-0.2, 0) is 13.0 Å². The van der Waals surface area contributed by atoms with Crippen molar-refractivity contribution in [1.29, 1.82) is 0 Å². The van der Waals surface area contributed by atoms with Crippen LogP contribution < -0.4 is 5.32 Å². The van der Waals surface area contributed by atoms with Gasteiger partial charge < -0.3 is 15.1 Å². The molecule has 1 N–H and O–H groups in total. The highest BCUT2D eigenvalue weighted by molar-refractivity contribution is 5.70.